The molecule has 0 atom stereocenters. The molecule has 0 aliphatic rings. The third-order valence-corrected chi connectivity index (χ3v) is 3.25. The molecule has 1 heterocycles. The maximum Gasteiger partial charge on any atom is 0.294 e. The van der Waals surface area contributed by atoms with E-state index in [4.69, 9.17) is 5.73 Å². The molecular formula is C5H3IN2O3S. The van der Waals surface area contributed by atoms with Crippen molar-refractivity contribution in [1.82, 2.24) is 0 Å². The molecule has 5 nitrogen and oxygen atoms in total. The van der Waals surface area contributed by atoms with E-state index in [1.54, 1.807) is 22.6 Å². The quantitative estimate of drug-likeness (QED) is 0.508. The van der Waals surface area contributed by atoms with Crippen LogP contribution in [0.3, 0.4) is 0 Å². The number of carbonyl (C=O) groups excluding carboxylic acids is 1. The van der Waals surface area contributed by atoms with Gasteiger partial charge in [0.15, 0.2) is 0 Å². The van der Waals surface area contributed by atoms with Gasteiger partial charge < -0.3 is 5.73 Å². The number of halogens is 1. The van der Waals surface area contributed by atoms with Gasteiger partial charge in [-0.25, -0.2) is 0 Å². The van der Waals surface area contributed by atoms with Crippen molar-refractivity contribution in [3.63, 3.8) is 0 Å². The van der Waals surface area contributed by atoms with Gasteiger partial charge in [-0.2, -0.15) is 0 Å². The molecule has 0 aromatic carbocycles. The summed E-state index contributed by atoms with van der Waals surface area (Å²) in [5.41, 5.74) is 4.88. The highest BCUT2D eigenvalue weighted by molar-refractivity contribution is 14.1. The lowest BCUT2D eigenvalue weighted by molar-refractivity contribution is -0.385. The van der Waals surface area contributed by atoms with E-state index in [1.165, 1.54) is 6.07 Å². The van der Waals surface area contributed by atoms with Crippen molar-refractivity contribution in [1.29, 1.82) is 0 Å². The normalized spacial score (nSPS) is 9.75. The van der Waals surface area contributed by atoms with Crippen LogP contribution >= 0.6 is 33.9 Å². The summed E-state index contributed by atoms with van der Waals surface area (Å²) in [7, 11) is 0. The topological polar surface area (TPSA) is 86.2 Å². The van der Waals surface area contributed by atoms with Crippen molar-refractivity contribution in [2.75, 3.05) is 0 Å². The second-order valence-electron chi connectivity index (χ2n) is 1.89. The van der Waals surface area contributed by atoms with Gasteiger partial charge in [0.05, 0.1) is 9.80 Å². The van der Waals surface area contributed by atoms with Gasteiger partial charge >= 0.3 is 0 Å². The zero-order valence-electron chi connectivity index (χ0n) is 5.61. The Hall–Kier alpha value is -0.700. The molecule has 0 fully saturated rings. The Morgan fingerprint density at radius 2 is 2.33 bits per heavy atom. The molecule has 1 rings (SSSR count). The number of nitro groups is 1. The van der Waals surface area contributed by atoms with Gasteiger partial charge in [0.1, 0.15) is 2.88 Å². The van der Waals surface area contributed by atoms with Crippen molar-refractivity contribution >= 4 is 45.5 Å². The Labute approximate surface area is 84.9 Å². The molecule has 64 valence electrons. The smallest absolute Gasteiger partial charge is 0.294 e. The van der Waals surface area contributed by atoms with Gasteiger partial charge in [-0.15, -0.1) is 11.3 Å². The summed E-state index contributed by atoms with van der Waals surface area (Å²) in [6.07, 6.45) is 0. The third-order valence-electron chi connectivity index (χ3n) is 1.11. The molecule has 1 aromatic rings. The second-order valence-corrected chi connectivity index (χ2v) is 4.75. The summed E-state index contributed by atoms with van der Waals surface area (Å²) < 4.78 is 0.464. The van der Waals surface area contributed by atoms with Gasteiger partial charge in [0, 0.05) is 6.07 Å². The summed E-state index contributed by atoms with van der Waals surface area (Å²) in [5.74, 6) is -0.633. The Morgan fingerprint density at radius 3 is 2.58 bits per heavy atom. The number of thiophene rings is 1. The largest absolute Gasteiger partial charge is 0.365 e. The van der Waals surface area contributed by atoms with Gasteiger partial charge in [-0.1, -0.05) is 0 Å². The zero-order chi connectivity index (χ0) is 9.30. The minimum Gasteiger partial charge on any atom is -0.365 e. The molecule has 0 aliphatic carbocycles. The number of hydrogen-bond acceptors (Lipinski definition) is 4. The number of nitrogens with zero attached hydrogens (tertiary/aromatic N) is 1. The van der Waals surface area contributed by atoms with Crippen molar-refractivity contribution < 1.29 is 9.72 Å². The van der Waals surface area contributed by atoms with E-state index < -0.39 is 10.8 Å². The molecular weight excluding hydrogens is 295 g/mol. The standard InChI is InChI=1S/C5H3IN2O3S/c6-4-2(8(10)11)1-3(12-4)5(7)9/h1H,(H2,7,9). The summed E-state index contributed by atoms with van der Waals surface area (Å²) in [5, 5.41) is 10.3. The molecule has 1 amide bonds. The highest BCUT2D eigenvalue weighted by Gasteiger charge is 2.18. The highest BCUT2D eigenvalue weighted by atomic mass is 127. The Morgan fingerprint density at radius 1 is 1.75 bits per heavy atom. The van der Waals surface area contributed by atoms with Crippen LogP contribution in [0.4, 0.5) is 5.69 Å². The first-order chi connectivity index (χ1) is 5.52. The Balaban J connectivity index is 3.17. The fourth-order valence-corrected chi connectivity index (χ4v) is 2.37. The molecule has 0 spiro atoms. The van der Waals surface area contributed by atoms with Gasteiger partial charge in [0.2, 0.25) is 0 Å². The van der Waals surface area contributed by atoms with Crippen LogP contribution < -0.4 is 5.73 Å². The van der Waals surface area contributed by atoms with E-state index in [9.17, 15) is 14.9 Å². The van der Waals surface area contributed by atoms with E-state index in [0.29, 0.717) is 2.88 Å². The van der Waals surface area contributed by atoms with Crippen LogP contribution in [0, 0.1) is 13.0 Å². The van der Waals surface area contributed by atoms with E-state index in [-0.39, 0.29) is 10.6 Å². The van der Waals surface area contributed by atoms with Crippen LogP contribution in [0.5, 0.6) is 0 Å². The summed E-state index contributed by atoms with van der Waals surface area (Å²) >= 11 is 2.82. The molecule has 1 aromatic heterocycles. The predicted molar refractivity (Wildman–Crippen MR) is 52.2 cm³/mol. The van der Waals surface area contributed by atoms with Crippen molar-refractivity contribution in [2.24, 2.45) is 5.73 Å². The van der Waals surface area contributed by atoms with E-state index in [2.05, 4.69) is 0 Å². The molecule has 7 heteroatoms. The van der Waals surface area contributed by atoms with Crippen molar-refractivity contribution in [2.45, 2.75) is 0 Å². The monoisotopic (exact) mass is 298 g/mol. The van der Waals surface area contributed by atoms with Crippen LogP contribution in [0.1, 0.15) is 9.67 Å². The SMILES string of the molecule is NC(=O)c1cc([N+](=O)[O-])c(I)s1. The number of amides is 1. The van der Waals surface area contributed by atoms with Gasteiger partial charge in [-0.05, 0) is 22.6 Å². The average molecular weight is 298 g/mol. The van der Waals surface area contributed by atoms with Crippen LogP contribution in [0.25, 0.3) is 0 Å². The molecule has 0 unspecified atom stereocenters. The number of carbonyl (C=O) groups is 1. The maximum atomic E-state index is 10.6. The Bertz CT molecular complexity index is 348. The van der Waals surface area contributed by atoms with E-state index >= 15 is 0 Å². The fraction of sp³-hybridized carbons (Fsp3) is 0. The number of primary amides is 1. The molecule has 2 N–H and O–H groups in total. The highest BCUT2D eigenvalue weighted by Crippen LogP contribution is 2.29. The third kappa shape index (κ3) is 1.72. The number of nitrogens with two attached hydrogens (primary N) is 1. The van der Waals surface area contributed by atoms with E-state index in [0.717, 1.165) is 11.3 Å². The van der Waals surface area contributed by atoms with Crippen LogP contribution in [-0.2, 0) is 0 Å². The summed E-state index contributed by atoms with van der Waals surface area (Å²) in [6.45, 7) is 0. The van der Waals surface area contributed by atoms with Crippen LogP contribution in [-0.4, -0.2) is 10.8 Å². The summed E-state index contributed by atoms with van der Waals surface area (Å²) in [4.78, 5) is 20.6. The Kier molecular flexibility index (Phi) is 2.62. The number of rotatable bonds is 2. The van der Waals surface area contributed by atoms with Gasteiger partial charge in [-0.3, -0.25) is 14.9 Å². The lowest BCUT2D eigenvalue weighted by Gasteiger charge is -1.82. The molecule has 0 saturated carbocycles. The minimum absolute atomic E-state index is 0.0607. The number of hydrogen-bond donors (Lipinski definition) is 1. The molecule has 0 radical (unpaired) electrons. The first-order valence-electron chi connectivity index (χ1n) is 2.76. The van der Waals surface area contributed by atoms with Crippen LogP contribution in [0.2, 0.25) is 0 Å². The maximum absolute atomic E-state index is 10.6. The van der Waals surface area contributed by atoms with Crippen molar-refractivity contribution in [3.8, 4) is 0 Å². The first-order valence-corrected chi connectivity index (χ1v) is 4.65. The molecule has 0 bridgehead atoms. The average Bonchev–Trinajstić information content (AvgIpc) is 2.30. The van der Waals surface area contributed by atoms with E-state index in [1.807, 2.05) is 0 Å². The molecule has 12 heavy (non-hydrogen) atoms. The molecule has 0 aliphatic heterocycles. The zero-order valence-corrected chi connectivity index (χ0v) is 8.59. The predicted octanol–water partition coefficient (Wildman–Crippen LogP) is 1.36. The lowest BCUT2D eigenvalue weighted by atomic mass is 10.4. The first kappa shape index (κ1) is 9.39. The minimum atomic E-state index is -0.633. The molecule has 0 saturated heterocycles. The lowest BCUT2D eigenvalue weighted by Crippen LogP contribution is -2.08. The van der Waals surface area contributed by atoms with Crippen molar-refractivity contribution in [3.05, 3.63) is 23.9 Å². The fourth-order valence-electron chi connectivity index (χ4n) is 0.605. The van der Waals surface area contributed by atoms with Gasteiger partial charge in [0.25, 0.3) is 11.6 Å². The van der Waals surface area contributed by atoms with Crippen LogP contribution in [0.15, 0.2) is 6.07 Å². The second kappa shape index (κ2) is 3.35. The summed E-state index contributed by atoms with van der Waals surface area (Å²) in [6, 6.07) is 1.19.